The van der Waals surface area contributed by atoms with Crippen molar-refractivity contribution in [2.45, 2.75) is 0 Å². The van der Waals surface area contributed by atoms with Crippen molar-refractivity contribution in [1.82, 2.24) is 0 Å². The Bertz CT molecular complexity index is 939. The van der Waals surface area contributed by atoms with Crippen LogP contribution in [0.25, 0.3) is 11.1 Å². The maximum absolute atomic E-state index is 11.5. The second-order valence-electron chi connectivity index (χ2n) is 5.33. The number of benzene rings is 3. The van der Waals surface area contributed by atoms with Crippen LogP contribution in [0, 0.1) is 10.1 Å². The summed E-state index contributed by atoms with van der Waals surface area (Å²) in [6.45, 7) is 0. The topological polar surface area (TPSA) is 92.5 Å². The third kappa shape index (κ3) is 3.48. The molecule has 0 atom stereocenters. The Morgan fingerprint density at radius 3 is 2.28 bits per heavy atom. The van der Waals surface area contributed by atoms with Gasteiger partial charge in [0.25, 0.3) is 5.69 Å². The molecule has 0 amide bonds. The number of anilines is 2. The number of nitro benzene ring substituents is 1. The summed E-state index contributed by atoms with van der Waals surface area (Å²) >= 11 is 0. The van der Waals surface area contributed by atoms with Gasteiger partial charge in [-0.3, -0.25) is 10.1 Å². The molecule has 0 aliphatic carbocycles. The highest BCUT2D eigenvalue weighted by Gasteiger charge is 2.17. The highest BCUT2D eigenvalue weighted by atomic mass is 16.6. The van der Waals surface area contributed by atoms with Crippen LogP contribution in [0.5, 0.6) is 0 Å². The minimum absolute atomic E-state index is 0.155. The molecule has 0 bridgehead atoms. The molecule has 0 aliphatic heterocycles. The summed E-state index contributed by atoms with van der Waals surface area (Å²) in [5, 5.41) is 23.3. The molecule has 0 saturated carbocycles. The molecule has 0 aromatic heterocycles. The molecule has 2 N–H and O–H groups in total. The minimum Gasteiger partial charge on any atom is -0.478 e. The number of carboxylic acid groups (broad SMARTS) is 1. The molecule has 0 fully saturated rings. The second-order valence-corrected chi connectivity index (χ2v) is 5.33. The van der Waals surface area contributed by atoms with Gasteiger partial charge in [0.2, 0.25) is 0 Å². The van der Waals surface area contributed by atoms with Gasteiger partial charge >= 0.3 is 5.97 Å². The molecule has 0 aliphatic rings. The van der Waals surface area contributed by atoms with Crippen LogP contribution in [0.3, 0.4) is 0 Å². The van der Waals surface area contributed by atoms with E-state index in [0.29, 0.717) is 11.4 Å². The van der Waals surface area contributed by atoms with Crippen LogP contribution in [-0.2, 0) is 0 Å². The molecular formula is C19H14N2O4. The van der Waals surface area contributed by atoms with Crippen molar-refractivity contribution < 1.29 is 14.8 Å². The third-order valence-electron chi connectivity index (χ3n) is 3.73. The van der Waals surface area contributed by atoms with Crippen LogP contribution in [0.1, 0.15) is 10.4 Å². The Hall–Kier alpha value is -3.67. The number of hydrogen-bond acceptors (Lipinski definition) is 4. The fourth-order valence-corrected chi connectivity index (χ4v) is 2.54. The van der Waals surface area contributed by atoms with Crippen LogP contribution in [0.4, 0.5) is 17.1 Å². The zero-order chi connectivity index (χ0) is 17.8. The molecule has 0 heterocycles. The Morgan fingerprint density at radius 2 is 1.60 bits per heavy atom. The highest BCUT2D eigenvalue weighted by Crippen LogP contribution is 2.32. The van der Waals surface area contributed by atoms with Crippen LogP contribution in [0.2, 0.25) is 0 Å². The number of nitrogens with one attached hydrogen (secondary N) is 1. The molecular weight excluding hydrogens is 320 g/mol. The smallest absolute Gasteiger partial charge is 0.338 e. The average molecular weight is 334 g/mol. The molecule has 3 aromatic carbocycles. The van der Waals surface area contributed by atoms with Crippen molar-refractivity contribution in [3.05, 3.63) is 88.5 Å². The number of aromatic carboxylic acids is 1. The Balaban J connectivity index is 2.04. The van der Waals surface area contributed by atoms with Crippen molar-refractivity contribution >= 4 is 23.0 Å². The molecule has 3 aromatic rings. The third-order valence-corrected chi connectivity index (χ3v) is 3.73. The molecule has 0 saturated heterocycles. The standard InChI is InChI=1S/C19H14N2O4/c22-19(23)16-12-14(21(24)25)10-11-18(16)20-17-9-5-4-8-15(17)13-6-2-1-3-7-13/h1-12,20H,(H,22,23). The fraction of sp³-hybridized carbons (Fsp3) is 0. The van der Waals surface area contributed by atoms with E-state index in [1.807, 2.05) is 54.6 Å². The van der Waals surface area contributed by atoms with Crippen LogP contribution in [-0.4, -0.2) is 16.0 Å². The quantitative estimate of drug-likeness (QED) is 0.521. The lowest BCUT2D eigenvalue weighted by Crippen LogP contribution is -2.04. The van der Waals surface area contributed by atoms with E-state index in [2.05, 4.69) is 5.32 Å². The van der Waals surface area contributed by atoms with Crippen molar-refractivity contribution in [3.63, 3.8) is 0 Å². The van der Waals surface area contributed by atoms with E-state index in [1.165, 1.54) is 12.1 Å². The number of hydrogen-bond donors (Lipinski definition) is 2. The molecule has 3 rings (SSSR count). The summed E-state index contributed by atoms with van der Waals surface area (Å²) in [6, 6.07) is 20.9. The van der Waals surface area contributed by atoms with Gasteiger partial charge in [-0.25, -0.2) is 4.79 Å². The first kappa shape index (κ1) is 16.2. The van der Waals surface area contributed by atoms with Gasteiger partial charge in [0, 0.05) is 23.4 Å². The Morgan fingerprint density at radius 1 is 0.920 bits per heavy atom. The molecule has 0 spiro atoms. The predicted molar refractivity (Wildman–Crippen MR) is 95.2 cm³/mol. The normalized spacial score (nSPS) is 10.2. The van der Waals surface area contributed by atoms with Crippen molar-refractivity contribution in [2.75, 3.05) is 5.32 Å². The number of nitrogens with zero attached hydrogens (tertiary/aromatic N) is 1. The number of carbonyl (C=O) groups is 1. The SMILES string of the molecule is O=C(O)c1cc([N+](=O)[O-])ccc1Nc1ccccc1-c1ccccc1. The zero-order valence-corrected chi connectivity index (χ0v) is 13.0. The average Bonchev–Trinajstić information content (AvgIpc) is 2.63. The highest BCUT2D eigenvalue weighted by molar-refractivity contribution is 5.97. The summed E-state index contributed by atoms with van der Waals surface area (Å²) in [7, 11) is 0. The maximum Gasteiger partial charge on any atom is 0.338 e. The van der Waals surface area contributed by atoms with E-state index in [0.717, 1.165) is 17.2 Å². The summed E-state index contributed by atoms with van der Waals surface area (Å²) in [5.41, 5.74) is 2.46. The summed E-state index contributed by atoms with van der Waals surface area (Å²) in [5.74, 6) is -1.23. The van der Waals surface area contributed by atoms with Crippen molar-refractivity contribution in [3.8, 4) is 11.1 Å². The number of carboxylic acids is 1. The second kappa shape index (κ2) is 6.84. The summed E-state index contributed by atoms with van der Waals surface area (Å²) in [4.78, 5) is 21.7. The number of rotatable bonds is 5. The van der Waals surface area contributed by atoms with Gasteiger partial charge in [-0.15, -0.1) is 0 Å². The van der Waals surface area contributed by atoms with Gasteiger partial charge in [0.05, 0.1) is 16.2 Å². The molecule has 0 unspecified atom stereocenters. The number of non-ortho nitro benzene ring substituents is 1. The van der Waals surface area contributed by atoms with Gasteiger partial charge in [0.15, 0.2) is 0 Å². The monoisotopic (exact) mass is 334 g/mol. The van der Waals surface area contributed by atoms with E-state index in [9.17, 15) is 20.0 Å². The molecule has 25 heavy (non-hydrogen) atoms. The van der Waals surface area contributed by atoms with Crippen LogP contribution in [0.15, 0.2) is 72.8 Å². The predicted octanol–water partition coefficient (Wildman–Crippen LogP) is 4.70. The lowest BCUT2D eigenvalue weighted by Gasteiger charge is -2.14. The van der Waals surface area contributed by atoms with Gasteiger partial charge in [-0.05, 0) is 17.7 Å². The first-order valence-electron chi connectivity index (χ1n) is 7.49. The van der Waals surface area contributed by atoms with E-state index < -0.39 is 10.9 Å². The van der Waals surface area contributed by atoms with Crippen LogP contribution >= 0.6 is 0 Å². The van der Waals surface area contributed by atoms with E-state index >= 15 is 0 Å². The van der Waals surface area contributed by atoms with Gasteiger partial charge < -0.3 is 10.4 Å². The molecule has 6 nitrogen and oxygen atoms in total. The Kier molecular flexibility index (Phi) is 4.43. The first-order valence-corrected chi connectivity index (χ1v) is 7.49. The number of nitro groups is 1. The van der Waals surface area contributed by atoms with Crippen molar-refractivity contribution in [2.24, 2.45) is 0 Å². The number of para-hydroxylation sites is 1. The minimum atomic E-state index is -1.23. The largest absolute Gasteiger partial charge is 0.478 e. The van der Waals surface area contributed by atoms with Gasteiger partial charge in [-0.1, -0.05) is 48.5 Å². The fourth-order valence-electron chi connectivity index (χ4n) is 2.54. The molecule has 124 valence electrons. The van der Waals surface area contributed by atoms with Gasteiger partial charge in [0.1, 0.15) is 0 Å². The molecule has 0 radical (unpaired) electrons. The zero-order valence-electron chi connectivity index (χ0n) is 13.0. The molecule has 6 heteroatoms. The lowest BCUT2D eigenvalue weighted by atomic mass is 10.0. The lowest BCUT2D eigenvalue weighted by molar-refractivity contribution is -0.384. The van der Waals surface area contributed by atoms with E-state index in [-0.39, 0.29) is 11.3 Å². The van der Waals surface area contributed by atoms with Gasteiger partial charge in [-0.2, -0.15) is 0 Å². The summed E-state index contributed by atoms with van der Waals surface area (Å²) < 4.78 is 0. The first-order chi connectivity index (χ1) is 12.1. The van der Waals surface area contributed by atoms with E-state index in [1.54, 1.807) is 0 Å². The Labute approximate surface area is 143 Å². The maximum atomic E-state index is 11.5. The van der Waals surface area contributed by atoms with Crippen LogP contribution < -0.4 is 5.32 Å². The summed E-state index contributed by atoms with van der Waals surface area (Å²) in [6.07, 6.45) is 0. The van der Waals surface area contributed by atoms with Crippen molar-refractivity contribution in [1.29, 1.82) is 0 Å². The van der Waals surface area contributed by atoms with E-state index in [4.69, 9.17) is 0 Å².